The van der Waals surface area contributed by atoms with Gasteiger partial charge in [-0.1, -0.05) is 6.58 Å². The third-order valence-electron chi connectivity index (χ3n) is 1.48. The second-order valence-electron chi connectivity index (χ2n) is 2.58. The van der Waals surface area contributed by atoms with Gasteiger partial charge in [-0.15, -0.1) is 0 Å². The molecule has 1 aromatic rings. The van der Waals surface area contributed by atoms with Crippen LogP contribution in [-0.4, -0.2) is 15.3 Å². The van der Waals surface area contributed by atoms with E-state index in [0.717, 1.165) is 5.57 Å². The van der Waals surface area contributed by atoms with E-state index in [0.29, 0.717) is 15.9 Å². The summed E-state index contributed by atoms with van der Waals surface area (Å²) in [5, 5.41) is 0. The highest BCUT2D eigenvalue weighted by molar-refractivity contribution is 14.1. The molecular weight excluding hydrogens is 299 g/mol. The summed E-state index contributed by atoms with van der Waals surface area (Å²) in [7, 11) is 0. The maximum absolute atomic E-state index is 11.5. The quantitative estimate of drug-likeness (QED) is 0.519. The minimum absolute atomic E-state index is 0.0291. The second kappa shape index (κ2) is 4.80. The van der Waals surface area contributed by atoms with Gasteiger partial charge in [0.25, 0.3) is 5.56 Å². The Morgan fingerprint density at radius 1 is 1.77 bits per heavy atom. The van der Waals surface area contributed by atoms with Crippen molar-refractivity contribution in [3.8, 4) is 0 Å². The van der Waals surface area contributed by atoms with Crippen LogP contribution in [0.25, 0.3) is 0 Å². The molecule has 70 valence electrons. The Hall–Kier alpha value is -0.300. The molecule has 1 rings (SSSR count). The van der Waals surface area contributed by atoms with Gasteiger partial charge >= 0.3 is 0 Å². The van der Waals surface area contributed by atoms with Crippen molar-refractivity contribution in [2.45, 2.75) is 6.54 Å². The molecular formula is C8H9IN2OS. The molecule has 0 bridgehead atoms. The van der Waals surface area contributed by atoms with Crippen molar-refractivity contribution in [2.75, 3.05) is 5.75 Å². The Bertz CT molecular complexity index is 375. The molecule has 0 atom stereocenters. The van der Waals surface area contributed by atoms with Crippen LogP contribution in [0.3, 0.4) is 0 Å². The summed E-state index contributed by atoms with van der Waals surface area (Å²) in [6.45, 7) is 4.27. The summed E-state index contributed by atoms with van der Waals surface area (Å²) in [6, 6.07) is 0. The lowest BCUT2D eigenvalue weighted by Gasteiger charge is -2.05. The van der Waals surface area contributed by atoms with Crippen LogP contribution in [-0.2, 0) is 6.54 Å². The van der Waals surface area contributed by atoms with Crippen LogP contribution < -0.4 is 5.56 Å². The largest absolute Gasteiger partial charge is 0.294 e. The fourth-order valence-electron chi connectivity index (χ4n) is 0.828. The lowest BCUT2D eigenvalue weighted by Crippen LogP contribution is -2.23. The third kappa shape index (κ3) is 2.84. The number of nitrogens with zero attached hydrogens (tertiary/aromatic N) is 2. The molecule has 1 aromatic heterocycles. The predicted molar refractivity (Wildman–Crippen MR) is 64.2 cm³/mol. The molecule has 0 spiro atoms. The van der Waals surface area contributed by atoms with E-state index in [1.54, 1.807) is 6.20 Å². The van der Waals surface area contributed by atoms with Crippen molar-refractivity contribution in [2.24, 2.45) is 0 Å². The fraction of sp³-hybridized carbons (Fsp3) is 0.250. The van der Waals surface area contributed by atoms with Gasteiger partial charge in [-0.25, -0.2) is 4.98 Å². The Labute approximate surface area is 95.4 Å². The molecule has 0 N–H and O–H groups in total. The number of hydrogen-bond donors (Lipinski definition) is 1. The summed E-state index contributed by atoms with van der Waals surface area (Å²) < 4.78 is 2.15. The topological polar surface area (TPSA) is 34.9 Å². The van der Waals surface area contributed by atoms with E-state index in [1.807, 2.05) is 22.6 Å². The van der Waals surface area contributed by atoms with Crippen LogP contribution in [0.1, 0.15) is 0 Å². The Morgan fingerprint density at radius 2 is 2.46 bits per heavy atom. The smallest absolute Gasteiger partial charge is 0.267 e. The van der Waals surface area contributed by atoms with E-state index in [9.17, 15) is 4.79 Å². The zero-order valence-electron chi connectivity index (χ0n) is 6.90. The highest BCUT2D eigenvalue weighted by Crippen LogP contribution is 1.98. The predicted octanol–water partition coefficient (Wildman–Crippen LogP) is 1.33. The summed E-state index contributed by atoms with van der Waals surface area (Å²) >= 11 is 6.03. The van der Waals surface area contributed by atoms with Crippen LogP contribution in [0.2, 0.25) is 0 Å². The fourth-order valence-corrected chi connectivity index (χ4v) is 1.40. The Balaban J connectivity index is 2.96. The zero-order chi connectivity index (χ0) is 9.84. The van der Waals surface area contributed by atoms with Gasteiger partial charge in [0, 0.05) is 18.5 Å². The third-order valence-corrected chi connectivity index (χ3v) is 2.66. The molecule has 5 heteroatoms. The molecule has 0 unspecified atom stereocenters. The van der Waals surface area contributed by atoms with E-state index in [4.69, 9.17) is 0 Å². The molecule has 0 radical (unpaired) electrons. The number of hydrogen-bond acceptors (Lipinski definition) is 3. The van der Waals surface area contributed by atoms with Crippen molar-refractivity contribution in [3.63, 3.8) is 0 Å². The lowest BCUT2D eigenvalue weighted by molar-refractivity contribution is 0.723. The number of thiol groups is 1. The SMILES string of the molecule is C=C(CS)Cn1cncc(I)c1=O. The molecule has 0 aliphatic rings. The van der Waals surface area contributed by atoms with Gasteiger partial charge in [0.05, 0.1) is 9.90 Å². The highest BCUT2D eigenvalue weighted by Gasteiger charge is 2.00. The first-order valence-corrected chi connectivity index (χ1v) is 5.33. The van der Waals surface area contributed by atoms with Gasteiger partial charge in [-0.2, -0.15) is 12.6 Å². The molecule has 0 aliphatic carbocycles. The molecule has 1 heterocycles. The average Bonchev–Trinajstić information content (AvgIpc) is 2.13. The summed E-state index contributed by atoms with van der Waals surface area (Å²) in [5.41, 5.74) is 0.868. The van der Waals surface area contributed by atoms with Crippen LogP contribution in [0.15, 0.2) is 29.5 Å². The highest BCUT2D eigenvalue weighted by atomic mass is 127. The van der Waals surface area contributed by atoms with Crippen molar-refractivity contribution in [3.05, 3.63) is 38.6 Å². The molecule has 0 fully saturated rings. The maximum Gasteiger partial charge on any atom is 0.267 e. The van der Waals surface area contributed by atoms with Crippen molar-refractivity contribution >= 4 is 35.2 Å². The Kier molecular flexibility index (Phi) is 3.98. The van der Waals surface area contributed by atoms with E-state index >= 15 is 0 Å². The molecule has 13 heavy (non-hydrogen) atoms. The number of halogens is 1. The van der Waals surface area contributed by atoms with Crippen LogP contribution >= 0.6 is 35.2 Å². The minimum atomic E-state index is -0.0291. The molecule has 0 aromatic carbocycles. The van der Waals surface area contributed by atoms with Gasteiger partial charge in [-0.3, -0.25) is 9.36 Å². The lowest BCUT2D eigenvalue weighted by atomic mass is 10.3. The minimum Gasteiger partial charge on any atom is -0.294 e. The molecule has 0 saturated heterocycles. The summed E-state index contributed by atoms with van der Waals surface area (Å²) in [4.78, 5) is 15.4. The summed E-state index contributed by atoms with van der Waals surface area (Å²) in [6.07, 6.45) is 3.06. The van der Waals surface area contributed by atoms with Crippen molar-refractivity contribution in [1.29, 1.82) is 0 Å². The van der Waals surface area contributed by atoms with E-state index in [1.165, 1.54) is 10.9 Å². The van der Waals surface area contributed by atoms with E-state index < -0.39 is 0 Å². The van der Waals surface area contributed by atoms with E-state index in [2.05, 4.69) is 24.2 Å². The standard InChI is InChI=1S/C8H9IN2OS/c1-6(4-13)3-11-5-10-2-7(9)8(11)12/h2,5,13H,1,3-4H2. The van der Waals surface area contributed by atoms with Gasteiger partial charge in [-0.05, 0) is 28.2 Å². The van der Waals surface area contributed by atoms with Gasteiger partial charge in [0.1, 0.15) is 0 Å². The normalized spacial score (nSPS) is 10.0. The number of rotatable bonds is 3. The first kappa shape index (κ1) is 10.8. The molecule has 3 nitrogen and oxygen atoms in total. The van der Waals surface area contributed by atoms with Crippen LogP contribution in [0, 0.1) is 3.57 Å². The van der Waals surface area contributed by atoms with Crippen molar-refractivity contribution in [1.82, 2.24) is 9.55 Å². The number of aromatic nitrogens is 2. The van der Waals surface area contributed by atoms with Crippen LogP contribution in [0.5, 0.6) is 0 Å². The van der Waals surface area contributed by atoms with Gasteiger partial charge in [0.2, 0.25) is 0 Å². The average molecular weight is 308 g/mol. The second-order valence-corrected chi connectivity index (χ2v) is 4.06. The van der Waals surface area contributed by atoms with E-state index in [-0.39, 0.29) is 5.56 Å². The molecule has 0 aliphatic heterocycles. The first-order valence-electron chi connectivity index (χ1n) is 3.62. The molecule has 0 saturated carbocycles. The van der Waals surface area contributed by atoms with Crippen LogP contribution in [0.4, 0.5) is 0 Å². The maximum atomic E-state index is 11.5. The van der Waals surface area contributed by atoms with Gasteiger partial charge < -0.3 is 0 Å². The Morgan fingerprint density at radius 3 is 3.08 bits per heavy atom. The molecule has 0 amide bonds. The summed E-state index contributed by atoms with van der Waals surface area (Å²) in [5.74, 6) is 0.581. The zero-order valence-corrected chi connectivity index (χ0v) is 9.96. The first-order chi connectivity index (χ1) is 6.15. The van der Waals surface area contributed by atoms with Gasteiger partial charge in [0.15, 0.2) is 0 Å². The monoisotopic (exact) mass is 308 g/mol. The van der Waals surface area contributed by atoms with Crippen molar-refractivity contribution < 1.29 is 0 Å².